The summed E-state index contributed by atoms with van der Waals surface area (Å²) in [5.74, 6) is -0.229. The van der Waals surface area contributed by atoms with Crippen LogP contribution in [-0.4, -0.2) is 26.2 Å². The maximum atomic E-state index is 10.5. The lowest BCUT2D eigenvalue weighted by molar-refractivity contribution is -0.142. The number of halogens is 1. The van der Waals surface area contributed by atoms with Crippen molar-refractivity contribution in [2.24, 2.45) is 0 Å². The third-order valence-electron chi connectivity index (χ3n) is 0.988. The van der Waals surface area contributed by atoms with Gasteiger partial charge in [0, 0.05) is 0 Å². The van der Waals surface area contributed by atoms with Crippen LogP contribution in [0.25, 0.3) is 0 Å². The van der Waals surface area contributed by atoms with E-state index in [1.54, 1.807) is 14.0 Å². The Hall–Kier alpha value is -0.280. The van der Waals surface area contributed by atoms with Crippen molar-refractivity contribution in [3.63, 3.8) is 0 Å². The first-order chi connectivity index (χ1) is 3.72. The van der Waals surface area contributed by atoms with Gasteiger partial charge in [-0.1, -0.05) is 0 Å². The molecule has 0 aliphatic carbocycles. The van der Waals surface area contributed by atoms with Crippen LogP contribution in [0.1, 0.15) is 6.92 Å². The molecule has 0 spiro atoms. The second-order valence-electron chi connectivity index (χ2n) is 1.53. The molecular formula is C5H12ClNO2. The first kappa shape index (κ1) is 11.5. The molecule has 0 heterocycles. The number of rotatable bonds is 2. The molecule has 0 aliphatic heterocycles. The number of nitrogens with one attached hydrogen (secondary N) is 1. The maximum absolute atomic E-state index is 10.5. The summed E-state index contributed by atoms with van der Waals surface area (Å²) in [4.78, 5) is 10.5. The SMILES string of the molecule is CN[C@H](C)C(=O)OC.Cl. The van der Waals surface area contributed by atoms with Crippen LogP contribution >= 0.6 is 12.4 Å². The van der Waals surface area contributed by atoms with E-state index in [1.165, 1.54) is 7.11 Å². The number of esters is 1. The second kappa shape index (κ2) is 5.85. The van der Waals surface area contributed by atoms with Gasteiger partial charge in [-0.2, -0.15) is 0 Å². The van der Waals surface area contributed by atoms with Crippen LogP contribution in [0.2, 0.25) is 0 Å². The normalized spacial score (nSPS) is 11.4. The molecule has 4 heteroatoms. The monoisotopic (exact) mass is 153 g/mol. The molecule has 0 aromatic rings. The second-order valence-corrected chi connectivity index (χ2v) is 1.53. The van der Waals surface area contributed by atoms with E-state index in [1.807, 2.05) is 0 Å². The molecule has 0 rings (SSSR count). The van der Waals surface area contributed by atoms with Crippen LogP contribution < -0.4 is 5.32 Å². The van der Waals surface area contributed by atoms with Crippen LogP contribution in [0, 0.1) is 0 Å². The molecule has 1 N–H and O–H groups in total. The highest BCUT2D eigenvalue weighted by molar-refractivity contribution is 5.85. The van der Waals surface area contributed by atoms with Gasteiger partial charge in [0.05, 0.1) is 7.11 Å². The lowest BCUT2D eigenvalue weighted by Gasteiger charge is -2.04. The van der Waals surface area contributed by atoms with E-state index in [0.717, 1.165) is 0 Å². The zero-order valence-electron chi connectivity index (χ0n) is 5.80. The molecule has 1 atom stereocenters. The summed E-state index contributed by atoms with van der Waals surface area (Å²) in [6.07, 6.45) is 0. The van der Waals surface area contributed by atoms with Crippen LogP contribution in [0.4, 0.5) is 0 Å². The Kier molecular flexibility index (Phi) is 7.48. The van der Waals surface area contributed by atoms with Crippen LogP contribution in [0.15, 0.2) is 0 Å². The maximum Gasteiger partial charge on any atom is 0.322 e. The third kappa shape index (κ3) is 4.24. The number of hydrogen-bond donors (Lipinski definition) is 1. The van der Waals surface area contributed by atoms with Gasteiger partial charge in [-0.15, -0.1) is 12.4 Å². The molecule has 56 valence electrons. The van der Waals surface area contributed by atoms with E-state index >= 15 is 0 Å². The van der Waals surface area contributed by atoms with Gasteiger partial charge >= 0.3 is 5.97 Å². The van der Waals surface area contributed by atoms with E-state index in [4.69, 9.17) is 0 Å². The highest BCUT2D eigenvalue weighted by atomic mass is 35.5. The van der Waals surface area contributed by atoms with Crippen LogP contribution in [0.5, 0.6) is 0 Å². The van der Waals surface area contributed by atoms with Crippen molar-refractivity contribution in [1.82, 2.24) is 5.32 Å². The molecule has 9 heavy (non-hydrogen) atoms. The van der Waals surface area contributed by atoms with Crippen molar-refractivity contribution >= 4 is 18.4 Å². The van der Waals surface area contributed by atoms with E-state index in [2.05, 4.69) is 10.1 Å². The minimum atomic E-state index is -0.229. The molecule has 0 unspecified atom stereocenters. The smallest absolute Gasteiger partial charge is 0.322 e. The van der Waals surface area contributed by atoms with Gasteiger partial charge in [0.15, 0.2) is 0 Å². The molecule has 0 aromatic heterocycles. The molecular weight excluding hydrogens is 142 g/mol. The predicted molar refractivity (Wildman–Crippen MR) is 37.8 cm³/mol. The standard InChI is InChI=1S/C5H11NO2.ClH/c1-4(6-2)5(7)8-3;/h4,6H,1-3H3;1H/t4-;/m1./s1. The van der Waals surface area contributed by atoms with Gasteiger partial charge in [-0.25, -0.2) is 0 Å². The summed E-state index contributed by atoms with van der Waals surface area (Å²) in [5, 5.41) is 2.74. The predicted octanol–water partition coefficient (Wildman–Crippen LogP) is 0.189. The summed E-state index contributed by atoms with van der Waals surface area (Å²) in [7, 11) is 3.08. The zero-order chi connectivity index (χ0) is 6.57. The minimum absolute atomic E-state index is 0. The Balaban J connectivity index is 0. The lowest BCUT2D eigenvalue weighted by Crippen LogP contribution is -2.31. The van der Waals surface area contributed by atoms with E-state index < -0.39 is 0 Å². The molecule has 0 saturated heterocycles. The largest absolute Gasteiger partial charge is 0.468 e. The Labute approximate surface area is 61.2 Å². The number of ether oxygens (including phenoxy) is 1. The number of hydrogen-bond acceptors (Lipinski definition) is 3. The summed E-state index contributed by atoms with van der Waals surface area (Å²) in [6.45, 7) is 1.74. The van der Waals surface area contributed by atoms with Gasteiger partial charge in [0.25, 0.3) is 0 Å². The number of methoxy groups -OCH3 is 1. The lowest BCUT2D eigenvalue weighted by atomic mass is 10.4. The average Bonchev–Trinajstić information content (AvgIpc) is 1.84. The molecule has 0 fully saturated rings. The van der Waals surface area contributed by atoms with Crippen molar-refractivity contribution in [3.05, 3.63) is 0 Å². The first-order valence-corrected chi connectivity index (χ1v) is 2.47. The van der Waals surface area contributed by atoms with Gasteiger partial charge < -0.3 is 10.1 Å². The summed E-state index contributed by atoms with van der Waals surface area (Å²) < 4.78 is 4.40. The van der Waals surface area contributed by atoms with E-state index in [9.17, 15) is 4.79 Å². The fourth-order valence-electron chi connectivity index (χ4n) is 0.295. The van der Waals surface area contributed by atoms with Crippen molar-refractivity contribution in [2.75, 3.05) is 14.2 Å². The number of carbonyl (C=O) groups is 1. The van der Waals surface area contributed by atoms with Crippen molar-refractivity contribution in [2.45, 2.75) is 13.0 Å². The molecule has 0 bridgehead atoms. The molecule has 3 nitrogen and oxygen atoms in total. The fraction of sp³-hybridized carbons (Fsp3) is 0.800. The Morgan fingerprint density at radius 2 is 2.11 bits per heavy atom. The number of carbonyl (C=O) groups excluding carboxylic acids is 1. The molecule has 0 aliphatic rings. The molecule has 0 amide bonds. The molecule has 0 saturated carbocycles. The Morgan fingerprint density at radius 3 is 2.22 bits per heavy atom. The summed E-state index contributed by atoms with van der Waals surface area (Å²) >= 11 is 0. The number of likely N-dealkylation sites (N-methyl/N-ethyl adjacent to an activating group) is 1. The Morgan fingerprint density at radius 1 is 1.67 bits per heavy atom. The fourth-order valence-corrected chi connectivity index (χ4v) is 0.295. The topological polar surface area (TPSA) is 38.3 Å². The van der Waals surface area contributed by atoms with Gasteiger partial charge in [0.2, 0.25) is 0 Å². The van der Waals surface area contributed by atoms with Gasteiger partial charge in [0.1, 0.15) is 6.04 Å². The van der Waals surface area contributed by atoms with E-state index in [0.29, 0.717) is 0 Å². The van der Waals surface area contributed by atoms with Gasteiger partial charge in [-0.05, 0) is 14.0 Å². The van der Waals surface area contributed by atoms with Crippen LogP contribution in [0.3, 0.4) is 0 Å². The third-order valence-corrected chi connectivity index (χ3v) is 0.988. The highest BCUT2D eigenvalue weighted by Crippen LogP contribution is 1.81. The summed E-state index contributed by atoms with van der Waals surface area (Å²) in [6, 6.07) is -0.194. The van der Waals surface area contributed by atoms with E-state index in [-0.39, 0.29) is 24.4 Å². The van der Waals surface area contributed by atoms with Gasteiger partial charge in [-0.3, -0.25) is 4.79 Å². The van der Waals surface area contributed by atoms with Crippen molar-refractivity contribution in [3.8, 4) is 0 Å². The molecule has 0 radical (unpaired) electrons. The average molecular weight is 154 g/mol. The Bertz CT molecular complexity index is 87.0. The zero-order valence-corrected chi connectivity index (χ0v) is 6.62. The van der Waals surface area contributed by atoms with Crippen LogP contribution in [-0.2, 0) is 9.53 Å². The first-order valence-electron chi connectivity index (χ1n) is 2.47. The van der Waals surface area contributed by atoms with Crippen molar-refractivity contribution in [1.29, 1.82) is 0 Å². The minimum Gasteiger partial charge on any atom is -0.468 e. The quantitative estimate of drug-likeness (QED) is 0.576. The molecule has 0 aromatic carbocycles. The van der Waals surface area contributed by atoms with Crippen molar-refractivity contribution < 1.29 is 9.53 Å². The highest BCUT2D eigenvalue weighted by Gasteiger charge is 2.07. The summed E-state index contributed by atoms with van der Waals surface area (Å²) in [5.41, 5.74) is 0.